The summed E-state index contributed by atoms with van der Waals surface area (Å²) in [6.07, 6.45) is 2.45. The molecule has 0 aliphatic heterocycles. The normalized spacial score (nSPS) is 13.6. The van der Waals surface area contributed by atoms with Gasteiger partial charge in [-0.2, -0.15) is 0 Å². The third-order valence-electron chi connectivity index (χ3n) is 5.01. The molecule has 0 radical (unpaired) electrons. The van der Waals surface area contributed by atoms with Crippen LogP contribution in [0.2, 0.25) is 5.02 Å². The summed E-state index contributed by atoms with van der Waals surface area (Å²) < 4.78 is 25.1. The van der Waals surface area contributed by atoms with E-state index < -0.39 is 22.4 Å². The van der Waals surface area contributed by atoms with Gasteiger partial charge >= 0.3 is 11.8 Å². The third-order valence-corrected chi connectivity index (χ3v) is 5.30. The van der Waals surface area contributed by atoms with Gasteiger partial charge in [0.2, 0.25) is 0 Å². The van der Waals surface area contributed by atoms with Crippen molar-refractivity contribution in [1.29, 1.82) is 0 Å². The molecule has 3 aromatic rings. The van der Waals surface area contributed by atoms with E-state index in [9.17, 15) is 19.3 Å². The van der Waals surface area contributed by atoms with Gasteiger partial charge in [-0.15, -0.1) is 0 Å². The molecule has 1 fully saturated rings. The van der Waals surface area contributed by atoms with Crippen molar-refractivity contribution < 1.29 is 23.6 Å². The van der Waals surface area contributed by atoms with Crippen molar-refractivity contribution >= 4 is 45.8 Å². The summed E-state index contributed by atoms with van der Waals surface area (Å²) in [5.41, 5.74) is -0.663. The number of carbonyl (C=O) groups is 1. The molecule has 2 aromatic carbocycles. The quantitative estimate of drug-likeness (QED) is 0.300. The van der Waals surface area contributed by atoms with Gasteiger partial charge in [0.25, 0.3) is 0 Å². The summed E-state index contributed by atoms with van der Waals surface area (Å²) in [5, 5.41) is 11.8. The Morgan fingerprint density at radius 3 is 2.62 bits per heavy atom. The first kappa shape index (κ1) is 23.6. The van der Waals surface area contributed by atoms with E-state index in [1.54, 1.807) is 20.8 Å². The molecular formula is C23H22ClFN4O5. The third kappa shape index (κ3) is 5.17. The number of nitrogens with zero attached hydrogens (tertiary/aromatic N) is 4. The average molecular weight is 489 g/mol. The molecule has 0 atom stereocenters. The van der Waals surface area contributed by atoms with Crippen LogP contribution in [0.4, 0.5) is 26.4 Å². The van der Waals surface area contributed by atoms with Crippen molar-refractivity contribution in [2.45, 2.75) is 39.2 Å². The van der Waals surface area contributed by atoms with E-state index in [1.165, 1.54) is 30.6 Å². The summed E-state index contributed by atoms with van der Waals surface area (Å²) >= 11 is 5.96. The fourth-order valence-corrected chi connectivity index (χ4v) is 3.41. The number of ether oxygens (including phenoxy) is 2. The van der Waals surface area contributed by atoms with Crippen molar-refractivity contribution in [2.75, 3.05) is 11.5 Å². The molecule has 11 heteroatoms. The van der Waals surface area contributed by atoms with E-state index in [0.717, 1.165) is 23.8 Å². The first-order valence-electron chi connectivity index (χ1n) is 10.6. The van der Waals surface area contributed by atoms with E-state index in [2.05, 4.69) is 9.97 Å². The summed E-state index contributed by atoms with van der Waals surface area (Å²) in [7, 11) is 0. The maximum Gasteiger partial charge on any atom is 0.420 e. The average Bonchev–Trinajstić information content (AvgIpc) is 3.57. The molecule has 1 aromatic heterocycles. The van der Waals surface area contributed by atoms with Crippen molar-refractivity contribution in [2.24, 2.45) is 5.92 Å². The number of hydrogen-bond donors (Lipinski definition) is 0. The van der Waals surface area contributed by atoms with Crippen LogP contribution < -0.4 is 9.64 Å². The van der Waals surface area contributed by atoms with Crippen molar-refractivity contribution in [3.05, 3.63) is 57.6 Å². The van der Waals surface area contributed by atoms with Gasteiger partial charge in [0.15, 0.2) is 11.6 Å². The molecule has 1 amide bonds. The lowest BCUT2D eigenvalue weighted by molar-refractivity contribution is -0.385. The minimum Gasteiger partial charge on any atom is -0.486 e. The van der Waals surface area contributed by atoms with Crippen molar-refractivity contribution in [3.8, 4) is 5.75 Å². The van der Waals surface area contributed by atoms with Crippen LogP contribution in [0.1, 0.15) is 33.6 Å². The Labute approximate surface area is 199 Å². The summed E-state index contributed by atoms with van der Waals surface area (Å²) in [4.78, 5) is 34.0. The van der Waals surface area contributed by atoms with Gasteiger partial charge in [0.05, 0.1) is 33.1 Å². The number of rotatable bonds is 6. The van der Waals surface area contributed by atoms with Gasteiger partial charge in [-0.05, 0) is 57.7 Å². The molecule has 1 saturated carbocycles. The molecular weight excluding hydrogens is 467 g/mol. The number of aromatic nitrogens is 2. The first-order chi connectivity index (χ1) is 16.0. The molecule has 0 spiro atoms. The molecule has 1 heterocycles. The second-order valence-electron chi connectivity index (χ2n) is 8.96. The van der Waals surface area contributed by atoms with Gasteiger partial charge in [0, 0.05) is 12.1 Å². The fourth-order valence-electron chi connectivity index (χ4n) is 3.23. The Morgan fingerprint density at radius 1 is 1.26 bits per heavy atom. The van der Waals surface area contributed by atoms with Crippen LogP contribution in [0.15, 0.2) is 36.7 Å². The summed E-state index contributed by atoms with van der Waals surface area (Å²) in [6.45, 7) is 5.44. The number of amides is 1. The van der Waals surface area contributed by atoms with Gasteiger partial charge < -0.3 is 9.47 Å². The van der Waals surface area contributed by atoms with E-state index in [1.807, 2.05) is 0 Å². The second kappa shape index (κ2) is 9.02. The van der Waals surface area contributed by atoms with Gasteiger partial charge in [-0.3, -0.25) is 10.1 Å². The number of hydrogen-bond acceptors (Lipinski definition) is 7. The highest BCUT2D eigenvalue weighted by Gasteiger charge is 2.30. The standard InChI is InChI=1S/C23H22ClFN4O5/c1-23(2,3)34-22(30)28(14-6-7-17(25)16(24)8-14)21-15-9-19(29(31)32)20(33-11-13-4-5-13)10-18(15)26-12-27-21/h6-10,12-13H,4-5,11H2,1-3H3. The number of carbonyl (C=O) groups excluding carboxylic acids is 1. The highest BCUT2D eigenvalue weighted by Crippen LogP contribution is 2.39. The lowest BCUT2D eigenvalue weighted by Crippen LogP contribution is -2.34. The predicted molar refractivity (Wildman–Crippen MR) is 124 cm³/mol. The minimum atomic E-state index is -0.863. The maximum atomic E-state index is 13.8. The number of nitro benzene ring substituents is 1. The number of fused-ring (bicyclic) bond motifs is 1. The van der Waals surface area contributed by atoms with E-state index in [4.69, 9.17) is 21.1 Å². The Morgan fingerprint density at radius 2 is 2.00 bits per heavy atom. The number of benzene rings is 2. The molecule has 1 aliphatic rings. The fraction of sp³-hybridized carbons (Fsp3) is 0.348. The van der Waals surface area contributed by atoms with E-state index >= 15 is 0 Å². The van der Waals surface area contributed by atoms with Crippen LogP contribution in [0.5, 0.6) is 5.75 Å². The second-order valence-corrected chi connectivity index (χ2v) is 9.37. The molecule has 9 nitrogen and oxygen atoms in total. The van der Waals surface area contributed by atoms with Gasteiger partial charge in [-0.1, -0.05) is 11.6 Å². The summed E-state index contributed by atoms with van der Waals surface area (Å²) in [5.74, 6) is -0.182. The predicted octanol–water partition coefficient (Wildman–Crippen LogP) is 6.19. The zero-order valence-corrected chi connectivity index (χ0v) is 19.5. The molecule has 0 N–H and O–H groups in total. The highest BCUT2D eigenvalue weighted by atomic mass is 35.5. The molecule has 34 heavy (non-hydrogen) atoms. The molecule has 4 rings (SSSR count). The van der Waals surface area contributed by atoms with Crippen LogP contribution in [0, 0.1) is 21.8 Å². The smallest absolute Gasteiger partial charge is 0.420 e. The van der Waals surface area contributed by atoms with Crippen LogP contribution in [-0.4, -0.2) is 33.2 Å². The maximum absolute atomic E-state index is 13.8. The largest absolute Gasteiger partial charge is 0.486 e. The Balaban J connectivity index is 1.87. The van der Waals surface area contributed by atoms with Crippen molar-refractivity contribution in [3.63, 3.8) is 0 Å². The molecule has 0 saturated heterocycles. The monoisotopic (exact) mass is 488 g/mol. The minimum absolute atomic E-state index is 0.0127. The Hall–Kier alpha value is -3.53. The van der Waals surface area contributed by atoms with Crippen molar-refractivity contribution in [1.82, 2.24) is 9.97 Å². The highest BCUT2D eigenvalue weighted by molar-refractivity contribution is 6.31. The first-order valence-corrected chi connectivity index (χ1v) is 11.0. The van der Waals surface area contributed by atoms with E-state index in [0.29, 0.717) is 18.0 Å². The van der Waals surface area contributed by atoms with Crippen LogP contribution in [0.25, 0.3) is 10.9 Å². The van der Waals surface area contributed by atoms with Gasteiger partial charge in [0.1, 0.15) is 17.7 Å². The molecule has 1 aliphatic carbocycles. The molecule has 0 unspecified atom stereocenters. The zero-order valence-electron chi connectivity index (χ0n) is 18.7. The Bertz CT molecular complexity index is 1280. The lowest BCUT2D eigenvalue weighted by Gasteiger charge is -2.27. The molecule has 0 bridgehead atoms. The topological polar surface area (TPSA) is 108 Å². The van der Waals surface area contributed by atoms with Gasteiger partial charge in [-0.25, -0.2) is 24.1 Å². The molecule has 178 valence electrons. The zero-order chi connectivity index (χ0) is 24.6. The number of nitro groups is 1. The SMILES string of the molecule is CC(C)(C)OC(=O)N(c1ccc(F)c(Cl)c1)c1ncnc2cc(OCC3CC3)c([N+](=O)[O-])cc12. The lowest BCUT2D eigenvalue weighted by atomic mass is 10.1. The van der Waals surface area contributed by atoms with Crippen LogP contribution >= 0.6 is 11.6 Å². The van der Waals surface area contributed by atoms with E-state index in [-0.39, 0.29) is 33.4 Å². The summed E-state index contributed by atoms with van der Waals surface area (Å²) in [6, 6.07) is 6.39. The van der Waals surface area contributed by atoms with Crippen LogP contribution in [0.3, 0.4) is 0 Å². The Kier molecular flexibility index (Phi) is 6.26. The number of halogens is 2. The number of anilines is 2. The van der Waals surface area contributed by atoms with Crippen LogP contribution in [-0.2, 0) is 4.74 Å².